The Balaban J connectivity index is 2.76. The number of rotatable bonds is 2. The normalized spacial score (nSPS) is 9.13. The van der Waals surface area contributed by atoms with Crippen LogP contribution in [-0.4, -0.2) is 22.7 Å². The summed E-state index contributed by atoms with van der Waals surface area (Å²) in [6, 6.07) is 1.93. The summed E-state index contributed by atoms with van der Waals surface area (Å²) in [5.74, 6) is 0.130. The van der Waals surface area contributed by atoms with Crippen LogP contribution in [0.15, 0.2) is 6.20 Å². The van der Waals surface area contributed by atoms with Crippen LogP contribution in [0.3, 0.4) is 0 Å². The Labute approximate surface area is 86.9 Å². The number of ether oxygens (including phenoxy) is 1. The van der Waals surface area contributed by atoms with Gasteiger partial charge in [-0.15, -0.1) is 0 Å². The first kappa shape index (κ1) is 10.9. The fourth-order valence-electron chi connectivity index (χ4n) is 0.896. The van der Waals surface area contributed by atoms with E-state index in [0.717, 1.165) is 0 Å². The smallest absolute Gasteiger partial charge is 0.414 e. The van der Waals surface area contributed by atoms with Gasteiger partial charge in [-0.2, -0.15) is 5.26 Å². The van der Waals surface area contributed by atoms with Crippen molar-refractivity contribution in [3.63, 3.8) is 0 Å². The van der Waals surface area contributed by atoms with Crippen LogP contribution in [0.5, 0.6) is 0 Å². The van der Waals surface area contributed by atoms with Crippen LogP contribution in [0.4, 0.5) is 10.7 Å². The highest BCUT2D eigenvalue weighted by atomic mass is 16.5. The standard InChI is InChI=1S/C9H10N4O2/c1-3-15-9(14)13-8-11-5-7(4-10)6(2)12-8/h5H,3H2,1-2H3,(H,11,12,13,14). The quantitative estimate of drug-likeness (QED) is 0.786. The molecule has 0 radical (unpaired) electrons. The average Bonchev–Trinajstić information content (AvgIpc) is 2.18. The van der Waals surface area contributed by atoms with E-state index in [2.05, 4.69) is 20.0 Å². The Morgan fingerprint density at radius 2 is 2.47 bits per heavy atom. The number of anilines is 1. The molecule has 1 heterocycles. The molecule has 15 heavy (non-hydrogen) atoms. The van der Waals surface area contributed by atoms with Gasteiger partial charge in [0.05, 0.1) is 24.1 Å². The van der Waals surface area contributed by atoms with Gasteiger partial charge in [0.2, 0.25) is 5.95 Å². The maximum atomic E-state index is 11.0. The van der Waals surface area contributed by atoms with Gasteiger partial charge in [-0.25, -0.2) is 14.8 Å². The van der Waals surface area contributed by atoms with Gasteiger partial charge in [-0.3, -0.25) is 5.32 Å². The molecule has 0 saturated carbocycles. The van der Waals surface area contributed by atoms with Crippen molar-refractivity contribution in [2.24, 2.45) is 0 Å². The van der Waals surface area contributed by atoms with Gasteiger partial charge in [0, 0.05) is 0 Å². The van der Waals surface area contributed by atoms with Crippen molar-refractivity contribution < 1.29 is 9.53 Å². The van der Waals surface area contributed by atoms with Gasteiger partial charge >= 0.3 is 6.09 Å². The van der Waals surface area contributed by atoms with E-state index in [1.807, 2.05) is 6.07 Å². The number of carbonyl (C=O) groups is 1. The Hall–Kier alpha value is -2.16. The molecule has 0 atom stereocenters. The number of amides is 1. The Kier molecular flexibility index (Phi) is 3.57. The number of nitrogens with one attached hydrogen (secondary N) is 1. The first-order chi connectivity index (χ1) is 7.17. The molecule has 78 valence electrons. The molecule has 1 rings (SSSR count). The number of aromatic nitrogens is 2. The van der Waals surface area contributed by atoms with E-state index < -0.39 is 6.09 Å². The summed E-state index contributed by atoms with van der Waals surface area (Å²) < 4.78 is 4.65. The maximum absolute atomic E-state index is 11.0. The van der Waals surface area contributed by atoms with E-state index in [4.69, 9.17) is 5.26 Å². The molecule has 1 amide bonds. The molecule has 0 aliphatic heterocycles. The zero-order valence-electron chi connectivity index (χ0n) is 8.44. The van der Waals surface area contributed by atoms with Crippen molar-refractivity contribution in [3.8, 4) is 6.07 Å². The molecule has 0 aromatic carbocycles. The van der Waals surface area contributed by atoms with Crippen LogP contribution in [0.25, 0.3) is 0 Å². The third kappa shape index (κ3) is 2.91. The summed E-state index contributed by atoms with van der Waals surface area (Å²) in [4.78, 5) is 18.7. The van der Waals surface area contributed by atoms with Gasteiger partial charge in [0.1, 0.15) is 6.07 Å². The lowest BCUT2D eigenvalue weighted by atomic mass is 10.3. The Morgan fingerprint density at radius 3 is 3.00 bits per heavy atom. The Bertz CT molecular complexity index is 411. The zero-order valence-corrected chi connectivity index (χ0v) is 8.44. The molecule has 0 aliphatic carbocycles. The topological polar surface area (TPSA) is 87.9 Å². The van der Waals surface area contributed by atoms with Crippen LogP contribution in [-0.2, 0) is 4.74 Å². The molecular formula is C9H10N4O2. The molecule has 0 spiro atoms. The largest absolute Gasteiger partial charge is 0.450 e. The van der Waals surface area contributed by atoms with Crippen LogP contribution in [0, 0.1) is 18.3 Å². The average molecular weight is 206 g/mol. The summed E-state index contributed by atoms with van der Waals surface area (Å²) in [5, 5.41) is 11.0. The van der Waals surface area contributed by atoms with Crippen LogP contribution in [0.1, 0.15) is 18.2 Å². The van der Waals surface area contributed by atoms with E-state index in [1.54, 1.807) is 13.8 Å². The lowest BCUT2D eigenvalue weighted by Gasteiger charge is -2.04. The maximum Gasteiger partial charge on any atom is 0.414 e. The van der Waals surface area contributed by atoms with Crippen molar-refractivity contribution >= 4 is 12.0 Å². The number of hydrogen-bond donors (Lipinski definition) is 1. The van der Waals surface area contributed by atoms with Gasteiger partial charge in [0.15, 0.2) is 0 Å². The van der Waals surface area contributed by atoms with Crippen molar-refractivity contribution in [3.05, 3.63) is 17.5 Å². The number of nitrogens with zero attached hydrogens (tertiary/aromatic N) is 3. The summed E-state index contributed by atoms with van der Waals surface area (Å²) >= 11 is 0. The molecule has 1 aromatic rings. The molecular weight excluding hydrogens is 196 g/mol. The van der Waals surface area contributed by atoms with E-state index >= 15 is 0 Å². The predicted octanol–water partition coefficient (Wildman–Crippen LogP) is 1.23. The van der Waals surface area contributed by atoms with E-state index in [9.17, 15) is 4.79 Å². The third-order valence-electron chi connectivity index (χ3n) is 1.59. The SMILES string of the molecule is CCOC(=O)Nc1ncc(C#N)c(C)n1. The summed E-state index contributed by atoms with van der Waals surface area (Å²) in [6.45, 7) is 3.64. The minimum atomic E-state index is -0.610. The van der Waals surface area contributed by atoms with Crippen molar-refractivity contribution in [2.45, 2.75) is 13.8 Å². The minimum absolute atomic E-state index is 0.130. The molecule has 0 aliphatic rings. The first-order valence-electron chi connectivity index (χ1n) is 4.35. The monoisotopic (exact) mass is 206 g/mol. The van der Waals surface area contributed by atoms with Crippen LogP contribution < -0.4 is 5.32 Å². The predicted molar refractivity (Wildman–Crippen MR) is 52.1 cm³/mol. The fourth-order valence-corrected chi connectivity index (χ4v) is 0.896. The van der Waals surface area contributed by atoms with Crippen LogP contribution in [0.2, 0.25) is 0 Å². The van der Waals surface area contributed by atoms with Gasteiger partial charge in [-0.05, 0) is 13.8 Å². The fraction of sp³-hybridized carbons (Fsp3) is 0.333. The minimum Gasteiger partial charge on any atom is -0.450 e. The van der Waals surface area contributed by atoms with Gasteiger partial charge in [-0.1, -0.05) is 0 Å². The molecule has 1 N–H and O–H groups in total. The second-order valence-electron chi connectivity index (χ2n) is 2.65. The zero-order chi connectivity index (χ0) is 11.3. The van der Waals surface area contributed by atoms with Crippen molar-refractivity contribution in [1.82, 2.24) is 9.97 Å². The van der Waals surface area contributed by atoms with Crippen LogP contribution >= 0.6 is 0 Å². The number of hydrogen-bond acceptors (Lipinski definition) is 5. The third-order valence-corrected chi connectivity index (χ3v) is 1.59. The van der Waals surface area contributed by atoms with Crippen molar-refractivity contribution in [1.29, 1.82) is 5.26 Å². The lowest BCUT2D eigenvalue weighted by molar-refractivity contribution is 0.167. The molecule has 0 unspecified atom stereocenters. The van der Waals surface area contributed by atoms with Crippen molar-refractivity contribution in [2.75, 3.05) is 11.9 Å². The summed E-state index contributed by atoms with van der Waals surface area (Å²) in [6.07, 6.45) is 0.741. The highest BCUT2D eigenvalue weighted by molar-refractivity contribution is 5.82. The summed E-state index contributed by atoms with van der Waals surface area (Å²) in [5.41, 5.74) is 0.892. The molecule has 0 bridgehead atoms. The lowest BCUT2D eigenvalue weighted by Crippen LogP contribution is -2.15. The molecule has 1 aromatic heterocycles. The van der Waals surface area contributed by atoms with E-state index in [-0.39, 0.29) is 12.6 Å². The van der Waals surface area contributed by atoms with E-state index in [1.165, 1.54) is 6.20 Å². The van der Waals surface area contributed by atoms with Gasteiger partial charge < -0.3 is 4.74 Å². The van der Waals surface area contributed by atoms with Gasteiger partial charge in [0.25, 0.3) is 0 Å². The van der Waals surface area contributed by atoms with E-state index in [0.29, 0.717) is 11.3 Å². The molecule has 0 fully saturated rings. The Morgan fingerprint density at radius 1 is 1.73 bits per heavy atom. The molecule has 6 heteroatoms. The first-order valence-corrected chi connectivity index (χ1v) is 4.35. The number of carbonyl (C=O) groups excluding carboxylic acids is 1. The highest BCUT2D eigenvalue weighted by Gasteiger charge is 2.06. The molecule has 6 nitrogen and oxygen atoms in total. The second-order valence-corrected chi connectivity index (χ2v) is 2.65. The number of nitriles is 1. The second kappa shape index (κ2) is 4.91. The number of aryl methyl sites for hydroxylation is 1. The summed E-state index contributed by atoms with van der Waals surface area (Å²) in [7, 11) is 0. The molecule has 0 saturated heterocycles. The highest BCUT2D eigenvalue weighted by Crippen LogP contribution is 2.05.